The largest absolute Gasteiger partial charge is 0.272 e. The minimum Gasteiger partial charge on any atom is -0.272 e. The zero-order valence-corrected chi connectivity index (χ0v) is 9.18. The van der Waals surface area contributed by atoms with E-state index < -0.39 is 0 Å². The van der Waals surface area contributed by atoms with Gasteiger partial charge in [-0.25, -0.2) is 0 Å². The summed E-state index contributed by atoms with van der Waals surface area (Å²) in [6, 6.07) is 3.25. The normalized spacial score (nSPS) is 23.6. The molecule has 1 atom stereocenters. The first-order chi connectivity index (χ1) is 7.75. The number of hydrazone groups is 1. The summed E-state index contributed by atoms with van der Waals surface area (Å²) in [5.41, 5.74) is 0.974. The number of anilines is 1. The fraction of sp³-hybridized carbons (Fsp3) is 0.400. The molecule has 0 spiro atoms. The van der Waals surface area contributed by atoms with Crippen molar-refractivity contribution in [1.29, 1.82) is 0 Å². The molecule has 2 heterocycles. The van der Waals surface area contributed by atoms with Gasteiger partial charge in [0.1, 0.15) is 0 Å². The Morgan fingerprint density at radius 2 is 2.25 bits per heavy atom. The number of halogens is 1. The Labute approximate surface area is 97.1 Å². The predicted molar refractivity (Wildman–Crippen MR) is 59.3 cm³/mol. The van der Waals surface area contributed by atoms with Crippen LogP contribution in [-0.4, -0.2) is 21.8 Å². The van der Waals surface area contributed by atoms with Crippen molar-refractivity contribution in [1.82, 2.24) is 10.2 Å². The topological polar surface area (TPSA) is 58.5 Å². The lowest BCUT2D eigenvalue weighted by molar-refractivity contribution is -0.119. The first kappa shape index (κ1) is 9.72. The van der Waals surface area contributed by atoms with Gasteiger partial charge in [0.2, 0.25) is 0 Å². The molecule has 1 aliphatic carbocycles. The summed E-state index contributed by atoms with van der Waals surface area (Å²) in [6.45, 7) is 0. The van der Waals surface area contributed by atoms with Crippen molar-refractivity contribution in [3.05, 3.63) is 17.3 Å². The molecule has 0 aromatic carbocycles. The first-order valence-electron chi connectivity index (χ1n) is 5.16. The van der Waals surface area contributed by atoms with Crippen LogP contribution in [0.2, 0.25) is 5.15 Å². The van der Waals surface area contributed by atoms with Gasteiger partial charge in [0, 0.05) is 0 Å². The van der Waals surface area contributed by atoms with Gasteiger partial charge in [0.05, 0.1) is 11.6 Å². The number of carbonyl (C=O) groups is 1. The van der Waals surface area contributed by atoms with Crippen molar-refractivity contribution in [3.63, 3.8) is 0 Å². The van der Waals surface area contributed by atoms with E-state index in [4.69, 9.17) is 11.6 Å². The fourth-order valence-corrected chi connectivity index (χ4v) is 2.23. The standard InChI is InChI=1S/C10H9ClN4O/c11-8-4-5-9(13-12-8)15-10(16)6-2-1-3-7(6)14-15/h4-6H,1-3H2. The second kappa shape index (κ2) is 3.52. The predicted octanol–water partition coefficient (Wildman–Crippen LogP) is 1.63. The molecule has 3 rings (SSSR count). The number of aromatic nitrogens is 2. The van der Waals surface area contributed by atoms with Crippen LogP contribution >= 0.6 is 11.6 Å². The third-order valence-corrected chi connectivity index (χ3v) is 3.10. The minimum absolute atomic E-state index is 0.00382. The third kappa shape index (κ3) is 1.39. The average Bonchev–Trinajstić information content (AvgIpc) is 2.84. The molecule has 2 aliphatic rings. The van der Waals surface area contributed by atoms with E-state index in [1.165, 1.54) is 5.01 Å². The summed E-state index contributed by atoms with van der Waals surface area (Å²) < 4.78 is 0. The van der Waals surface area contributed by atoms with Gasteiger partial charge in [-0.05, 0) is 31.4 Å². The highest BCUT2D eigenvalue weighted by Gasteiger charge is 2.39. The number of fused-ring (bicyclic) bond motifs is 1. The van der Waals surface area contributed by atoms with Gasteiger partial charge in [-0.2, -0.15) is 10.1 Å². The van der Waals surface area contributed by atoms with Crippen LogP contribution in [0.1, 0.15) is 19.3 Å². The number of hydrogen-bond donors (Lipinski definition) is 0. The van der Waals surface area contributed by atoms with Crippen LogP contribution in [0.3, 0.4) is 0 Å². The molecule has 1 aromatic heterocycles. The maximum Gasteiger partial charge on any atom is 0.257 e. The van der Waals surface area contributed by atoms with E-state index in [9.17, 15) is 4.79 Å². The van der Waals surface area contributed by atoms with Gasteiger partial charge in [0.15, 0.2) is 11.0 Å². The molecule has 82 valence electrons. The lowest BCUT2D eigenvalue weighted by atomic mass is 10.1. The van der Waals surface area contributed by atoms with Crippen molar-refractivity contribution in [2.75, 3.05) is 5.01 Å². The molecular formula is C10H9ClN4O. The highest BCUT2D eigenvalue weighted by atomic mass is 35.5. The second-order valence-electron chi connectivity index (χ2n) is 3.90. The van der Waals surface area contributed by atoms with Gasteiger partial charge in [-0.3, -0.25) is 4.79 Å². The van der Waals surface area contributed by atoms with E-state index in [-0.39, 0.29) is 11.8 Å². The van der Waals surface area contributed by atoms with Crippen LogP contribution in [-0.2, 0) is 4.79 Å². The van der Waals surface area contributed by atoms with Crippen LogP contribution in [0.5, 0.6) is 0 Å². The molecule has 0 saturated heterocycles. The molecule has 5 nitrogen and oxygen atoms in total. The summed E-state index contributed by atoms with van der Waals surface area (Å²) in [6.07, 6.45) is 2.86. The first-order valence-corrected chi connectivity index (χ1v) is 5.54. The van der Waals surface area contributed by atoms with E-state index in [2.05, 4.69) is 15.3 Å². The third-order valence-electron chi connectivity index (χ3n) is 2.90. The van der Waals surface area contributed by atoms with E-state index in [0.29, 0.717) is 11.0 Å². The van der Waals surface area contributed by atoms with Crippen molar-refractivity contribution in [2.24, 2.45) is 11.0 Å². The molecule has 1 amide bonds. The molecule has 6 heteroatoms. The van der Waals surface area contributed by atoms with E-state index in [1.54, 1.807) is 12.1 Å². The van der Waals surface area contributed by atoms with Crippen molar-refractivity contribution in [3.8, 4) is 0 Å². The molecular weight excluding hydrogens is 228 g/mol. The van der Waals surface area contributed by atoms with Gasteiger partial charge >= 0.3 is 0 Å². The Morgan fingerprint density at radius 3 is 2.94 bits per heavy atom. The molecule has 1 saturated carbocycles. The van der Waals surface area contributed by atoms with Crippen LogP contribution < -0.4 is 5.01 Å². The van der Waals surface area contributed by atoms with E-state index in [1.807, 2.05) is 0 Å². The van der Waals surface area contributed by atoms with Crippen molar-refractivity contribution < 1.29 is 4.79 Å². The SMILES string of the molecule is O=C1C2CCCC2=NN1c1ccc(Cl)nn1. The van der Waals surface area contributed by atoms with Crippen LogP contribution in [0.4, 0.5) is 5.82 Å². The molecule has 0 bridgehead atoms. The number of amides is 1. The highest BCUT2D eigenvalue weighted by Crippen LogP contribution is 2.32. The number of nitrogens with zero attached hydrogens (tertiary/aromatic N) is 4. The fourth-order valence-electron chi connectivity index (χ4n) is 2.13. The summed E-state index contributed by atoms with van der Waals surface area (Å²) in [5, 5.41) is 13.5. The minimum atomic E-state index is -0.0301. The van der Waals surface area contributed by atoms with Crippen LogP contribution in [0.25, 0.3) is 0 Å². The Balaban J connectivity index is 1.94. The quantitative estimate of drug-likeness (QED) is 0.745. The van der Waals surface area contributed by atoms with Gasteiger partial charge in [-0.15, -0.1) is 10.2 Å². The summed E-state index contributed by atoms with van der Waals surface area (Å²) in [4.78, 5) is 12.0. The number of rotatable bonds is 1. The molecule has 1 unspecified atom stereocenters. The molecule has 1 aromatic rings. The number of carbonyl (C=O) groups excluding carboxylic acids is 1. The zero-order valence-electron chi connectivity index (χ0n) is 8.43. The Morgan fingerprint density at radius 1 is 1.38 bits per heavy atom. The summed E-state index contributed by atoms with van der Waals surface area (Å²) in [5.74, 6) is 0.415. The second-order valence-corrected chi connectivity index (χ2v) is 4.29. The van der Waals surface area contributed by atoms with Crippen molar-refractivity contribution in [2.45, 2.75) is 19.3 Å². The molecule has 0 radical (unpaired) electrons. The van der Waals surface area contributed by atoms with Crippen LogP contribution in [0, 0.1) is 5.92 Å². The molecule has 1 fully saturated rings. The van der Waals surface area contributed by atoms with Gasteiger partial charge in [-0.1, -0.05) is 11.6 Å². The lowest BCUT2D eigenvalue weighted by Gasteiger charge is -2.11. The maximum atomic E-state index is 12.0. The van der Waals surface area contributed by atoms with Gasteiger partial charge in [0.25, 0.3) is 5.91 Å². The Kier molecular flexibility index (Phi) is 2.14. The molecule has 16 heavy (non-hydrogen) atoms. The number of hydrogen-bond acceptors (Lipinski definition) is 4. The van der Waals surface area contributed by atoms with E-state index >= 15 is 0 Å². The Bertz CT molecular complexity index is 470. The molecule has 0 N–H and O–H groups in total. The summed E-state index contributed by atoms with van der Waals surface area (Å²) >= 11 is 5.64. The lowest BCUT2D eigenvalue weighted by Crippen LogP contribution is -2.26. The monoisotopic (exact) mass is 236 g/mol. The van der Waals surface area contributed by atoms with E-state index in [0.717, 1.165) is 25.0 Å². The molecule has 1 aliphatic heterocycles. The van der Waals surface area contributed by atoms with Crippen LogP contribution in [0.15, 0.2) is 17.2 Å². The zero-order chi connectivity index (χ0) is 11.1. The Hall–Kier alpha value is -1.49. The summed E-state index contributed by atoms with van der Waals surface area (Å²) in [7, 11) is 0. The smallest absolute Gasteiger partial charge is 0.257 e. The maximum absolute atomic E-state index is 12.0. The van der Waals surface area contributed by atoms with Gasteiger partial charge < -0.3 is 0 Å². The average molecular weight is 237 g/mol. The highest BCUT2D eigenvalue weighted by molar-refractivity contribution is 6.29. The van der Waals surface area contributed by atoms with Crippen molar-refractivity contribution >= 4 is 29.0 Å².